The molecule has 0 spiro atoms. The molecule has 1 aromatic carbocycles. The zero-order valence-electron chi connectivity index (χ0n) is 13.8. The Bertz CT molecular complexity index is 487. The molecule has 2 amide bonds. The molecule has 0 unspecified atom stereocenters. The predicted molar refractivity (Wildman–Crippen MR) is 88.7 cm³/mol. The second-order valence-corrected chi connectivity index (χ2v) is 6.00. The predicted octanol–water partition coefficient (Wildman–Crippen LogP) is 3.00. The lowest BCUT2D eigenvalue weighted by Gasteiger charge is -2.22. The molecule has 23 heavy (non-hydrogen) atoms. The van der Waals surface area contributed by atoms with Gasteiger partial charge in [0, 0.05) is 18.3 Å². The van der Waals surface area contributed by atoms with Gasteiger partial charge in [-0.3, -0.25) is 0 Å². The number of anilines is 1. The first-order valence-electron chi connectivity index (χ1n) is 8.10. The molecule has 2 N–H and O–H groups in total. The van der Waals surface area contributed by atoms with Gasteiger partial charge in [0.1, 0.15) is 12.5 Å². The lowest BCUT2D eigenvalue weighted by Crippen LogP contribution is -2.38. The van der Waals surface area contributed by atoms with Gasteiger partial charge in [-0.1, -0.05) is 19.9 Å². The van der Waals surface area contributed by atoms with Crippen molar-refractivity contribution >= 4 is 11.7 Å². The minimum Gasteiger partial charge on any atom is -0.494 e. The van der Waals surface area contributed by atoms with E-state index in [9.17, 15) is 4.79 Å². The zero-order chi connectivity index (χ0) is 16.5. The van der Waals surface area contributed by atoms with Gasteiger partial charge in [-0.25, -0.2) is 4.79 Å². The van der Waals surface area contributed by atoms with Crippen LogP contribution in [-0.2, 0) is 9.47 Å². The summed E-state index contributed by atoms with van der Waals surface area (Å²) in [7, 11) is 0. The van der Waals surface area contributed by atoms with E-state index < -0.39 is 0 Å². The Balaban J connectivity index is 1.74. The SMILES string of the molecule is CC(C)CCOc1cccc(NC(=O)NC[C@@H]2CCOCO2)c1. The van der Waals surface area contributed by atoms with E-state index in [-0.39, 0.29) is 12.1 Å². The van der Waals surface area contributed by atoms with Gasteiger partial charge < -0.3 is 24.8 Å². The van der Waals surface area contributed by atoms with Crippen molar-refractivity contribution in [3.8, 4) is 5.75 Å². The molecule has 1 aliphatic rings. The van der Waals surface area contributed by atoms with Crippen LogP contribution in [-0.4, -0.2) is 38.7 Å². The second-order valence-electron chi connectivity index (χ2n) is 6.00. The van der Waals surface area contributed by atoms with E-state index in [1.54, 1.807) is 0 Å². The highest BCUT2D eigenvalue weighted by Crippen LogP contribution is 2.18. The molecule has 0 saturated carbocycles. The summed E-state index contributed by atoms with van der Waals surface area (Å²) >= 11 is 0. The van der Waals surface area contributed by atoms with Crippen LogP contribution in [0.2, 0.25) is 0 Å². The zero-order valence-corrected chi connectivity index (χ0v) is 13.8. The fraction of sp³-hybridized carbons (Fsp3) is 0.588. The molecule has 0 radical (unpaired) electrons. The van der Waals surface area contributed by atoms with Gasteiger partial charge in [0.25, 0.3) is 0 Å². The molecule has 0 aromatic heterocycles. The molecule has 0 bridgehead atoms. The quantitative estimate of drug-likeness (QED) is 0.810. The molecule has 1 atom stereocenters. The van der Waals surface area contributed by atoms with Crippen molar-refractivity contribution < 1.29 is 19.0 Å². The number of hydrogen-bond donors (Lipinski definition) is 2. The lowest BCUT2D eigenvalue weighted by atomic mass is 10.1. The minimum absolute atomic E-state index is 0.0141. The number of amides is 2. The third-order valence-electron chi connectivity index (χ3n) is 3.52. The number of ether oxygens (including phenoxy) is 3. The maximum absolute atomic E-state index is 11.9. The molecule has 2 rings (SSSR count). The first-order valence-corrected chi connectivity index (χ1v) is 8.10. The van der Waals surface area contributed by atoms with Crippen LogP contribution in [0.3, 0.4) is 0 Å². The van der Waals surface area contributed by atoms with Crippen LogP contribution in [0.15, 0.2) is 24.3 Å². The molecule has 0 aliphatic carbocycles. The molecular formula is C17H26N2O4. The number of hydrogen-bond acceptors (Lipinski definition) is 4. The Hall–Kier alpha value is -1.79. The van der Waals surface area contributed by atoms with Gasteiger partial charge in [0.2, 0.25) is 0 Å². The number of carbonyl (C=O) groups excluding carboxylic acids is 1. The summed E-state index contributed by atoms with van der Waals surface area (Å²) in [5, 5.41) is 5.61. The number of rotatable bonds is 7. The van der Waals surface area contributed by atoms with E-state index in [1.165, 1.54) is 0 Å². The Morgan fingerprint density at radius 3 is 3.04 bits per heavy atom. The average Bonchev–Trinajstić information content (AvgIpc) is 2.54. The van der Waals surface area contributed by atoms with Crippen molar-refractivity contribution in [1.29, 1.82) is 0 Å². The lowest BCUT2D eigenvalue weighted by molar-refractivity contribution is -0.136. The normalized spacial score (nSPS) is 17.8. The van der Waals surface area contributed by atoms with Crippen molar-refractivity contribution in [3.05, 3.63) is 24.3 Å². The van der Waals surface area contributed by atoms with Crippen molar-refractivity contribution in [2.75, 3.05) is 31.9 Å². The van der Waals surface area contributed by atoms with Crippen LogP contribution in [0, 0.1) is 5.92 Å². The molecule has 1 aliphatic heterocycles. The van der Waals surface area contributed by atoms with Gasteiger partial charge in [-0.15, -0.1) is 0 Å². The molecular weight excluding hydrogens is 296 g/mol. The summed E-state index contributed by atoms with van der Waals surface area (Å²) in [5.74, 6) is 1.37. The number of nitrogens with one attached hydrogen (secondary N) is 2. The number of benzene rings is 1. The molecule has 1 heterocycles. The summed E-state index contributed by atoms with van der Waals surface area (Å²) in [6.07, 6.45) is 1.81. The molecule has 6 nitrogen and oxygen atoms in total. The van der Waals surface area contributed by atoms with Gasteiger partial charge >= 0.3 is 6.03 Å². The maximum Gasteiger partial charge on any atom is 0.319 e. The Kier molecular flexibility index (Phi) is 7.16. The maximum atomic E-state index is 11.9. The van der Waals surface area contributed by atoms with E-state index >= 15 is 0 Å². The largest absolute Gasteiger partial charge is 0.494 e. The van der Waals surface area contributed by atoms with Crippen molar-refractivity contribution in [2.45, 2.75) is 32.8 Å². The standard InChI is InChI=1S/C17H26N2O4/c1-13(2)6-9-22-15-5-3-4-14(10-15)19-17(20)18-11-16-7-8-21-12-23-16/h3-5,10,13,16H,6-9,11-12H2,1-2H3,(H2,18,19,20)/t16-/m0/s1. The summed E-state index contributed by atoms with van der Waals surface area (Å²) in [6, 6.07) is 7.16. The molecule has 1 fully saturated rings. The summed E-state index contributed by atoms with van der Waals surface area (Å²) in [4.78, 5) is 11.9. The van der Waals surface area contributed by atoms with Gasteiger partial charge in [0.05, 0.1) is 19.3 Å². The van der Waals surface area contributed by atoms with Crippen LogP contribution in [0.1, 0.15) is 26.7 Å². The van der Waals surface area contributed by atoms with Crippen molar-refractivity contribution in [1.82, 2.24) is 5.32 Å². The van der Waals surface area contributed by atoms with Crippen molar-refractivity contribution in [3.63, 3.8) is 0 Å². The second kappa shape index (κ2) is 9.37. The van der Waals surface area contributed by atoms with E-state index in [0.717, 1.165) is 18.6 Å². The Morgan fingerprint density at radius 2 is 2.30 bits per heavy atom. The minimum atomic E-state index is -0.251. The van der Waals surface area contributed by atoms with Crippen LogP contribution in [0.4, 0.5) is 10.5 Å². The number of urea groups is 1. The van der Waals surface area contributed by atoms with Crippen LogP contribution in [0.5, 0.6) is 5.75 Å². The van der Waals surface area contributed by atoms with Crippen LogP contribution >= 0.6 is 0 Å². The molecule has 1 saturated heterocycles. The summed E-state index contributed by atoms with van der Waals surface area (Å²) in [6.45, 7) is 6.43. The number of carbonyl (C=O) groups is 1. The highest BCUT2D eigenvalue weighted by Gasteiger charge is 2.15. The molecule has 128 valence electrons. The molecule has 6 heteroatoms. The Morgan fingerprint density at radius 1 is 1.43 bits per heavy atom. The molecule has 1 aromatic rings. The Labute approximate surface area is 137 Å². The van der Waals surface area contributed by atoms with Crippen LogP contribution in [0.25, 0.3) is 0 Å². The first-order chi connectivity index (χ1) is 11.1. The highest BCUT2D eigenvalue weighted by atomic mass is 16.7. The topological polar surface area (TPSA) is 68.8 Å². The van der Waals surface area contributed by atoms with E-state index in [1.807, 2.05) is 24.3 Å². The third-order valence-corrected chi connectivity index (χ3v) is 3.52. The average molecular weight is 322 g/mol. The fourth-order valence-corrected chi connectivity index (χ4v) is 2.12. The van der Waals surface area contributed by atoms with E-state index in [4.69, 9.17) is 14.2 Å². The van der Waals surface area contributed by atoms with Crippen LogP contribution < -0.4 is 15.4 Å². The summed E-state index contributed by atoms with van der Waals surface area (Å²) in [5.41, 5.74) is 0.706. The van der Waals surface area contributed by atoms with E-state index in [2.05, 4.69) is 24.5 Å². The van der Waals surface area contributed by atoms with Gasteiger partial charge in [-0.05, 0) is 30.9 Å². The summed E-state index contributed by atoms with van der Waals surface area (Å²) < 4.78 is 16.2. The fourth-order valence-electron chi connectivity index (χ4n) is 2.12. The third kappa shape index (κ3) is 6.88. The highest BCUT2D eigenvalue weighted by molar-refractivity contribution is 5.89. The first kappa shape index (κ1) is 17.6. The van der Waals surface area contributed by atoms with Gasteiger partial charge in [0.15, 0.2) is 0 Å². The van der Waals surface area contributed by atoms with Crippen molar-refractivity contribution in [2.24, 2.45) is 5.92 Å². The monoisotopic (exact) mass is 322 g/mol. The van der Waals surface area contributed by atoms with E-state index in [0.29, 0.717) is 38.2 Å². The van der Waals surface area contributed by atoms with Gasteiger partial charge in [-0.2, -0.15) is 0 Å². The smallest absolute Gasteiger partial charge is 0.319 e.